The summed E-state index contributed by atoms with van der Waals surface area (Å²) >= 11 is 4.79. The highest BCUT2D eigenvalue weighted by Gasteiger charge is 2.47. The van der Waals surface area contributed by atoms with Crippen LogP contribution in [0.3, 0.4) is 0 Å². The molecule has 2 saturated carbocycles. The number of carboxylic acids is 2. The Labute approximate surface area is 556 Å². The topological polar surface area (TPSA) is 206 Å². The van der Waals surface area contributed by atoms with E-state index in [2.05, 4.69) is 23.9 Å². The third kappa shape index (κ3) is 18.2. The molecule has 8 aromatic rings. The van der Waals surface area contributed by atoms with Crippen LogP contribution >= 0.6 is 45.3 Å². The smallest absolute Gasteiger partial charge is 0.350 e. The number of benzene rings is 4. The van der Waals surface area contributed by atoms with E-state index < -0.39 is 41.1 Å². The SMILES string of the molecule is CC1CCC(F)(C(=O)N(c2cc(-c3ccccc3)sc2C(=O)O)C(C)C)CC1.CC1CCC(F)(C(=O)N(c2cc(-c3ccccc3)sc2C(=O)O)C(C)C)CC1.COC(=O)c1sc(-c2ccc(F)cc2)cc1N.COC(=O)c1sc(-c2ccc(F)cc2)cc1NC(C)C. The normalized spacial score (nSPS) is 17.6. The fraction of sp³-hybridized carbons (Fsp3) is 0.352. The number of alkyl halides is 2. The maximum absolute atomic E-state index is 15.6. The van der Waals surface area contributed by atoms with Gasteiger partial charge in [-0.25, -0.2) is 36.7 Å². The van der Waals surface area contributed by atoms with Gasteiger partial charge in [0.25, 0.3) is 11.8 Å². The van der Waals surface area contributed by atoms with Crippen molar-refractivity contribution in [3.05, 3.63) is 165 Å². The summed E-state index contributed by atoms with van der Waals surface area (Å²) in [4.78, 5) is 80.4. The first kappa shape index (κ1) is 72.2. The lowest BCUT2D eigenvalue weighted by Gasteiger charge is -2.37. The number of rotatable bonds is 16. The van der Waals surface area contributed by atoms with E-state index in [0.717, 1.165) is 70.1 Å². The Hall–Kier alpha value is -8.18. The lowest BCUT2D eigenvalue weighted by atomic mass is 9.80. The van der Waals surface area contributed by atoms with E-state index in [1.54, 1.807) is 70.2 Å². The van der Waals surface area contributed by atoms with Gasteiger partial charge in [-0.05, 0) is 176 Å². The summed E-state index contributed by atoms with van der Waals surface area (Å²) < 4.78 is 66.3. The van der Waals surface area contributed by atoms with Crippen molar-refractivity contribution in [3.63, 3.8) is 0 Å². The molecule has 93 heavy (non-hydrogen) atoms. The molecule has 0 bridgehead atoms. The summed E-state index contributed by atoms with van der Waals surface area (Å²) in [5.41, 5.74) is 6.99. The van der Waals surface area contributed by atoms with Crippen molar-refractivity contribution < 1.29 is 66.0 Å². The van der Waals surface area contributed by atoms with E-state index in [1.165, 1.54) is 71.0 Å². The number of carboxylic acid groups (broad SMARTS) is 2. The van der Waals surface area contributed by atoms with Crippen LogP contribution in [-0.2, 0) is 19.1 Å². The monoisotopic (exact) mass is 1350 g/mol. The van der Waals surface area contributed by atoms with Crippen molar-refractivity contribution >= 4 is 104 Å². The number of thiophene rings is 4. The average molecular weight is 1350 g/mol. The van der Waals surface area contributed by atoms with Crippen LogP contribution in [0.2, 0.25) is 0 Å². The predicted octanol–water partition coefficient (Wildman–Crippen LogP) is 18.6. The molecule has 0 spiro atoms. The fourth-order valence-electron chi connectivity index (χ4n) is 10.7. The summed E-state index contributed by atoms with van der Waals surface area (Å²) in [5, 5.41) is 22.7. The van der Waals surface area contributed by atoms with Crippen LogP contribution in [-0.4, -0.2) is 89.6 Å². The predicted molar refractivity (Wildman–Crippen MR) is 367 cm³/mol. The molecule has 2 fully saturated rings. The fourth-order valence-corrected chi connectivity index (χ4v) is 14.7. The summed E-state index contributed by atoms with van der Waals surface area (Å²) in [6.07, 6.45) is 3.42. The van der Waals surface area contributed by atoms with Gasteiger partial charge in [-0.3, -0.25) is 9.59 Å². The van der Waals surface area contributed by atoms with Crippen LogP contribution < -0.4 is 20.9 Å². The lowest BCUT2D eigenvalue weighted by molar-refractivity contribution is -0.133. The molecule has 0 saturated heterocycles. The van der Waals surface area contributed by atoms with Gasteiger partial charge in [-0.15, -0.1) is 45.3 Å². The van der Waals surface area contributed by atoms with Crippen LogP contribution in [0.1, 0.15) is 145 Å². The number of hydrogen-bond donors (Lipinski definition) is 4. The van der Waals surface area contributed by atoms with Crippen molar-refractivity contribution in [2.24, 2.45) is 11.8 Å². The van der Waals surface area contributed by atoms with E-state index in [1.807, 2.05) is 80.6 Å². The van der Waals surface area contributed by atoms with Crippen molar-refractivity contribution in [1.29, 1.82) is 0 Å². The van der Waals surface area contributed by atoms with Crippen LogP contribution in [0, 0.1) is 23.5 Å². The summed E-state index contributed by atoms with van der Waals surface area (Å²) in [6.45, 7) is 15.3. The summed E-state index contributed by atoms with van der Waals surface area (Å²) in [5.74, 6) is -4.03. The maximum atomic E-state index is 15.6. The van der Waals surface area contributed by atoms with Gasteiger partial charge in [0.1, 0.15) is 31.1 Å². The quantitative estimate of drug-likeness (QED) is 0.0527. The van der Waals surface area contributed by atoms with Gasteiger partial charge in [-0.2, -0.15) is 0 Å². The first-order chi connectivity index (χ1) is 44.1. The second-order valence-electron chi connectivity index (χ2n) is 23.9. The lowest BCUT2D eigenvalue weighted by Crippen LogP contribution is -2.51. The highest BCUT2D eigenvalue weighted by Crippen LogP contribution is 2.45. The number of hydrogen-bond acceptors (Lipinski definition) is 14. The minimum atomic E-state index is -1.93. The van der Waals surface area contributed by atoms with Crippen LogP contribution in [0.15, 0.2) is 133 Å². The largest absolute Gasteiger partial charge is 0.477 e. The number of aromatic carboxylic acids is 2. The molecule has 10 rings (SSSR count). The number of esters is 2. The van der Waals surface area contributed by atoms with Gasteiger partial charge in [-0.1, -0.05) is 98.8 Å². The number of anilines is 4. The number of nitrogen functional groups attached to an aromatic ring is 1. The molecule has 4 aromatic heterocycles. The first-order valence-electron chi connectivity index (χ1n) is 30.5. The summed E-state index contributed by atoms with van der Waals surface area (Å²) in [7, 11) is 2.66. The van der Waals surface area contributed by atoms with E-state index in [4.69, 9.17) is 10.5 Å². The summed E-state index contributed by atoms with van der Waals surface area (Å²) in [6, 6.07) is 37.5. The molecule has 2 aliphatic rings. The molecular formula is C71H78F4N4O10S4. The third-order valence-electron chi connectivity index (χ3n) is 15.8. The zero-order chi connectivity index (χ0) is 68.1. The highest BCUT2D eigenvalue weighted by atomic mass is 32.1. The first-order valence-corrected chi connectivity index (χ1v) is 33.7. The number of nitrogens with zero attached hydrogens (tertiary/aromatic N) is 2. The molecular weight excluding hydrogens is 1270 g/mol. The zero-order valence-corrected chi connectivity index (χ0v) is 56.8. The number of carbonyl (C=O) groups excluding carboxylic acids is 4. The van der Waals surface area contributed by atoms with Gasteiger partial charge >= 0.3 is 23.9 Å². The standard InChI is InChI=1S/2C22H26FNO3S.C15H16FNO2S.C12H10FNO2S/c2*1-14(2)24(21(27)22(23)11-9-15(3)10-12-22)17-13-18(28-19(17)20(25)26)16-7-5-4-6-8-16;1-9(2)17-12-8-13(20-14(12)15(18)19-3)10-4-6-11(16)7-5-10;1-16-12(15)11-9(14)6-10(17-11)7-2-4-8(13)5-3-7/h2*4-8,13-15H,9-12H2,1-3H3,(H,25,26);4-9,17H,1-3H3;2-6H,14H2,1H3. The Morgan fingerprint density at radius 3 is 1.17 bits per heavy atom. The molecule has 4 aromatic carbocycles. The van der Waals surface area contributed by atoms with Crippen molar-refractivity contribution in [3.8, 4) is 41.8 Å². The van der Waals surface area contributed by atoms with Crippen molar-refractivity contribution in [1.82, 2.24) is 0 Å². The van der Waals surface area contributed by atoms with E-state index in [0.29, 0.717) is 53.0 Å². The molecule has 0 aliphatic heterocycles. The van der Waals surface area contributed by atoms with Gasteiger partial charge < -0.3 is 40.5 Å². The number of nitrogens with one attached hydrogen (secondary N) is 1. The molecule has 5 N–H and O–H groups in total. The van der Waals surface area contributed by atoms with Gasteiger partial charge in [0.15, 0.2) is 11.3 Å². The molecule has 0 unspecified atom stereocenters. The Morgan fingerprint density at radius 1 is 0.505 bits per heavy atom. The number of methoxy groups -OCH3 is 2. The van der Waals surface area contributed by atoms with Crippen molar-refractivity contribution in [2.45, 2.75) is 136 Å². The zero-order valence-electron chi connectivity index (χ0n) is 53.5. The van der Waals surface area contributed by atoms with E-state index in [-0.39, 0.29) is 82.5 Å². The molecule has 22 heteroatoms. The molecule has 14 nitrogen and oxygen atoms in total. The van der Waals surface area contributed by atoms with Gasteiger partial charge in [0.05, 0.1) is 37.0 Å². The molecule has 4 heterocycles. The van der Waals surface area contributed by atoms with E-state index in [9.17, 15) is 47.8 Å². The molecule has 0 atom stereocenters. The van der Waals surface area contributed by atoms with E-state index >= 15 is 8.78 Å². The number of carbonyl (C=O) groups is 6. The molecule has 494 valence electrons. The van der Waals surface area contributed by atoms with Crippen molar-refractivity contribution in [2.75, 3.05) is 35.1 Å². The molecule has 2 aliphatic carbocycles. The third-order valence-corrected chi connectivity index (χ3v) is 20.4. The second kappa shape index (κ2) is 32.1. The van der Waals surface area contributed by atoms with Crippen LogP contribution in [0.4, 0.5) is 40.3 Å². The van der Waals surface area contributed by atoms with Gasteiger partial charge in [0.2, 0.25) is 0 Å². The Bertz CT molecular complexity index is 3710. The molecule has 0 radical (unpaired) electrons. The second-order valence-corrected chi connectivity index (χ2v) is 28.1. The highest BCUT2D eigenvalue weighted by molar-refractivity contribution is 7.19. The Balaban J connectivity index is 0.000000179. The molecule has 2 amide bonds. The van der Waals surface area contributed by atoms with Crippen LogP contribution in [0.5, 0.6) is 0 Å². The Morgan fingerprint density at radius 2 is 0.828 bits per heavy atom. The van der Waals surface area contributed by atoms with Gasteiger partial charge in [0, 0.05) is 37.6 Å². The Kier molecular flexibility index (Phi) is 24.9. The minimum Gasteiger partial charge on any atom is -0.477 e. The minimum absolute atomic E-state index is 0.0636. The number of nitrogens with two attached hydrogens (primary N) is 1. The number of amides is 2. The average Bonchev–Trinajstić information content (AvgIpc) is 1.77. The maximum Gasteiger partial charge on any atom is 0.350 e. The number of halogens is 4. The number of ether oxygens (including phenoxy) is 2. The van der Waals surface area contributed by atoms with Crippen LogP contribution in [0.25, 0.3) is 41.8 Å².